The second-order valence-electron chi connectivity index (χ2n) is 10.6. The van der Waals surface area contributed by atoms with Crippen molar-refractivity contribution in [3.8, 4) is 5.00 Å². The second-order valence-corrected chi connectivity index (χ2v) is 12.7. The van der Waals surface area contributed by atoms with Crippen molar-refractivity contribution >= 4 is 34.7 Å². The molecule has 0 unspecified atom stereocenters. The topological polar surface area (TPSA) is 63.6 Å². The molecule has 1 saturated carbocycles. The van der Waals surface area contributed by atoms with Crippen LogP contribution in [0.5, 0.6) is 0 Å². The quantitative estimate of drug-likeness (QED) is 0.366. The number of nitrogens with zero attached hydrogens (tertiary/aromatic N) is 2. The van der Waals surface area contributed by atoms with E-state index in [-0.39, 0.29) is 24.5 Å². The first kappa shape index (κ1) is 24.7. The Morgan fingerprint density at radius 2 is 1.92 bits per heavy atom. The van der Waals surface area contributed by atoms with Crippen molar-refractivity contribution in [1.29, 1.82) is 0 Å². The summed E-state index contributed by atoms with van der Waals surface area (Å²) >= 11 is 3.60. The summed E-state index contributed by atoms with van der Waals surface area (Å²) in [5.41, 5.74) is 3.33. The molecule has 6 nitrogen and oxygen atoms in total. The molecule has 0 aromatic carbocycles. The summed E-state index contributed by atoms with van der Waals surface area (Å²) in [4.78, 5) is 31.6. The maximum Gasteiger partial charge on any atom is 0.319 e. The van der Waals surface area contributed by atoms with Crippen LogP contribution in [-0.4, -0.2) is 33.6 Å². The number of esters is 1. The lowest BCUT2D eigenvalue weighted by Crippen LogP contribution is -2.55. The van der Waals surface area contributed by atoms with Gasteiger partial charge < -0.3 is 19.5 Å². The van der Waals surface area contributed by atoms with E-state index in [0.717, 1.165) is 55.5 Å². The number of aryl methyl sites for hydroxylation is 1. The zero-order valence-corrected chi connectivity index (χ0v) is 23.1. The van der Waals surface area contributed by atoms with Crippen molar-refractivity contribution in [2.75, 3.05) is 6.61 Å². The number of rotatable bonds is 5. The van der Waals surface area contributed by atoms with Gasteiger partial charge in [0.1, 0.15) is 11.0 Å². The van der Waals surface area contributed by atoms with Gasteiger partial charge in [0.2, 0.25) is 0 Å². The minimum absolute atomic E-state index is 0.0824. The zero-order valence-electron chi connectivity index (χ0n) is 21.5. The molecular formula is C29H35N3O3S2. The largest absolute Gasteiger partial charge is 0.466 e. The van der Waals surface area contributed by atoms with Gasteiger partial charge in [-0.15, -0.1) is 22.7 Å². The maximum absolute atomic E-state index is 14.4. The Morgan fingerprint density at radius 3 is 2.70 bits per heavy atom. The Hall–Kier alpha value is -2.58. The molecule has 196 valence electrons. The van der Waals surface area contributed by atoms with Gasteiger partial charge in [-0.3, -0.25) is 4.79 Å². The molecular weight excluding hydrogens is 502 g/mol. The van der Waals surface area contributed by atoms with E-state index in [0.29, 0.717) is 13.2 Å². The minimum atomic E-state index is -0.549. The van der Waals surface area contributed by atoms with Crippen LogP contribution < -0.4 is 5.32 Å². The highest BCUT2D eigenvalue weighted by Crippen LogP contribution is 2.45. The van der Waals surface area contributed by atoms with Crippen LogP contribution in [0.4, 0.5) is 4.79 Å². The van der Waals surface area contributed by atoms with Gasteiger partial charge in [0.05, 0.1) is 30.8 Å². The number of hydrogen-bond acceptors (Lipinski definition) is 5. The Bertz CT molecular complexity index is 1270. The molecule has 8 heteroatoms. The van der Waals surface area contributed by atoms with Crippen molar-refractivity contribution in [3.05, 3.63) is 62.4 Å². The summed E-state index contributed by atoms with van der Waals surface area (Å²) in [5.74, 6) is -0.224. The van der Waals surface area contributed by atoms with Gasteiger partial charge in [-0.05, 0) is 74.6 Å². The van der Waals surface area contributed by atoms with Gasteiger partial charge in [-0.25, -0.2) is 4.79 Å². The zero-order chi connectivity index (χ0) is 25.4. The average molecular weight is 538 g/mol. The first-order chi connectivity index (χ1) is 18.1. The van der Waals surface area contributed by atoms with Crippen molar-refractivity contribution in [1.82, 2.24) is 14.8 Å². The molecule has 0 saturated heterocycles. The fraction of sp³-hybridized carbons (Fsp3) is 0.517. The molecule has 3 aromatic heterocycles. The first-order valence-electron chi connectivity index (χ1n) is 13.7. The third kappa shape index (κ3) is 4.63. The number of carbonyl (C=O) groups excluding carboxylic acids is 2. The number of carbonyl (C=O) groups is 2. The van der Waals surface area contributed by atoms with Crippen molar-refractivity contribution in [3.63, 3.8) is 0 Å². The van der Waals surface area contributed by atoms with Crippen LogP contribution in [0, 0.1) is 0 Å². The Morgan fingerprint density at radius 1 is 1.08 bits per heavy atom. The smallest absolute Gasteiger partial charge is 0.319 e. The highest BCUT2D eigenvalue weighted by atomic mass is 32.1. The molecule has 3 aromatic rings. The number of fused-ring (bicyclic) bond motifs is 5. The number of nitrogens with one attached hydrogen (secondary N) is 1. The third-order valence-electron chi connectivity index (χ3n) is 8.22. The summed E-state index contributed by atoms with van der Waals surface area (Å²) in [7, 11) is 0. The van der Waals surface area contributed by atoms with Crippen molar-refractivity contribution < 1.29 is 14.3 Å². The van der Waals surface area contributed by atoms with Gasteiger partial charge >= 0.3 is 12.0 Å². The standard InChI is InChI=1S/C29H35N3O3S2/c1-2-35-25(33)18-29(14-6-3-7-15-29)30-28(34)32-19-21-20-10-4-5-12-23(20)37-27(21)31-16-8-11-22(31)26(32)24-13-9-17-36-24/h8-9,11,13,16-17,26H,2-7,10,12,14-15,18-19H2,1H3,(H,30,34)/t26-/m1/s1. The van der Waals surface area contributed by atoms with Gasteiger partial charge in [-0.2, -0.15) is 0 Å². The summed E-state index contributed by atoms with van der Waals surface area (Å²) < 4.78 is 7.65. The fourth-order valence-corrected chi connectivity index (χ4v) is 8.75. The average Bonchev–Trinajstić information content (AvgIpc) is 3.64. The fourth-order valence-electron chi connectivity index (χ4n) is 6.49. The lowest BCUT2D eigenvalue weighted by molar-refractivity contribution is -0.145. The van der Waals surface area contributed by atoms with E-state index in [4.69, 9.17) is 4.74 Å². The summed E-state index contributed by atoms with van der Waals surface area (Å²) in [5, 5.41) is 6.78. The number of amides is 2. The molecule has 1 atom stereocenters. The number of hydrogen-bond donors (Lipinski definition) is 1. The van der Waals surface area contributed by atoms with Gasteiger partial charge in [-0.1, -0.05) is 25.3 Å². The summed E-state index contributed by atoms with van der Waals surface area (Å²) in [6.45, 7) is 2.77. The maximum atomic E-state index is 14.4. The molecule has 4 heterocycles. The number of ether oxygens (including phenoxy) is 1. The van der Waals surface area contributed by atoms with E-state index in [2.05, 4.69) is 45.7 Å². The van der Waals surface area contributed by atoms with Gasteiger partial charge in [0, 0.05) is 21.5 Å². The molecule has 1 N–H and O–H groups in total. The summed E-state index contributed by atoms with van der Waals surface area (Å²) in [6.07, 6.45) is 11.8. The molecule has 1 fully saturated rings. The minimum Gasteiger partial charge on any atom is -0.466 e. The van der Waals surface area contributed by atoms with Gasteiger partial charge in [0.15, 0.2) is 0 Å². The Balaban J connectivity index is 1.41. The van der Waals surface area contributed by atoms with E-state index < -0.39 is 5.54 Å². The summed E-state index contributed by atoms with van der Waals surface area (Å²) in [6, 6.07) is 8.20. The van der Waals surface area contributed by atoms with E-state index in [1.165, 1.54) is 33.8 Å². The second kappa shape index (κ2) is 10.3. The predicted octanol–water partition coefficient (Wildman–Crippen LogP) is 6.75. The molecule has 0 bridgehead atoms. The molecule has 0 spiro atoms. The van der Waals surface area contributed by atoms with Gasteiger partial charge in [0.25, 0.3) is 0 Å². The molecule has 1 aliphatic heterocycles. The molecule has 37 heavy (non-hydrogen) atoms. The first-order valence-corrected chi connectivity index (χ1v) is 15.4. The van der Waals surface area contributed by atoms with Crippen LogP contribution >= 0.6 is 22.7 Å². The van der Waals surface area contributed by atoms with Crippen LogP contribution in [0.3, 0.4) is 0 Å². The van der Waals surface area contributed by atoms with Crippen LogP contribution in [0.25, 0.3) is 5.00 Å². The SMILES string of the molecule is CCOC(=O)CC1(NC(=O)N2Cc3c(sc4c3CCCC4)-n3cccc3[C@@H]2c2cccs2)CCCCC1. The van der Waals surface area contributed by atoms with Crippen LogP contribution in [0.2, 0.25) is 0 Å². The van der Waals surface area contributed by atoms with Crippen LogP contribution in [0.1, 0.15) is 90.9 Å². The van der Waals surface area contributed by atoms with Crippen LogP contribution in [0.15, 0.2) is 35.8 Å². The van der Waals surface area contributed by atoms with E-state index in [1.54, 1.807) is 11.3 Å². The molecule has 2 amide bonds. The molecule has 2 aliphatic carbocycles. The van der Waals surface area contributed by atoms with E-state index >= 15 is 0 Å². The van der Waals surface area contributed by atoms with E-state index in [9.17, 15) is 9.59 Å². The number of aromatic nitrogens is 1. The monoisotopic (exact) mass is 537 g/mol. The normalized spacial score (nSPS) is 20.4. The highest BCUT2D eigenvalue weighted by molar-refractivity contribution is 7.15. The highest BCUT2D eigenvalue weighted by Gasteiger charge is 2.41. The van der Waals surface area contributed by atoms with Crippen molar-refractivity contribution in [2.24, 2.45) is 0 Å². The number of urea groups is 1. The third-order valence-corrected chi connectivity index (χ3v) is 10.5. The lowest BCUT2D eigenvalue weighted by atomic mass is 9.79. The number of thiophene rings is 2. The predicted molar refractivity (Wildman–Crippen MR) is 148 cm³/mol. The Kier molecular flexibility index (Phi) is 6.88. The van der Waals surface area contributed by atoms with Crippen molar-refractivity contribution in [2.45, 2.75) is 89.3 Å². The molecule has 3 aliphatic rings. The van der Waals surface area contributed by atoms with Crippen LogP contribution in [-0.2, 0) is 28.9 Å². The Labute approximate surface area is 226 Å². The van der Waals surface area contributed by atoms with E-state index in [1.807, 2.05) is 23.2 Å². The lowest BCUT2D eigenvalue weighted by Gasteiger charge is -2.40. The molecule has 6 rings (SSSR count). The molecule has 0 radical (unpaired) electrons.